The van der Waals surface area contributed by atoms with Crippen LogP contribution in [0.15, 0.2) is 46.9 Å². The van der Waals surface area contributed by atoms with Crippen molar-refractivity contribution in [3.8, 4) is 11.5 Å². The van der Waals surface area contributed by atoms with Gasteiger partial charge in [-0.25, -0.2) is 4.98 Å². The number of aromatic hydroxyl groups is 1. The van der Waals surface area contributed by atoms with E-state index in [1.54, 1.807) is 0 Å². The Morgan fingerprint density at radius 1 is 1.00 bits per heavy atom. The molecule has 0 saturated heterocycles. The number of oxazole rings is 1. The Balaban J connectivity index is 0.00000117. The number of nitrogens with zero attached hydrogens (tertiary/aromatic N) is 1. The molecule has 1 aromatic heterocycles. The summed E-state index contributed by atoms with van der Waals surface area (Å²) in [6.07, 6.45) is 0.591. The standard InChI is InChI=1S/C20H21NO3.C2H6/c1-13-9-16(10-14(2)20(13)22)11-19-21-18(15(3)24-19)12-23-17-7-5-4-6-8-17;1-2/h4-10,22H,11-12H2,1-3H3;1-2H3. The molecule has 2 aromatic carbocycles. The zero-order chi connectivity index (χ0) is 19.1. The van der Waals surface area contributed by atoms with Crippen molar-refractivity contribution < 1.29 is 14.3 Å². The molecule has 0 spiro atoms. The topological polar surface area (TPSA) is 55.5 Å². The molecule has 0 aliphatic carbocycles. The minimum Gasteiger partial charge on any atom is -0.507 e. The first-order chi connectivity index (χ1) is 12.5. The van der Waals surface area contributed by atoms with E-state index in [1.807, 2.05) is 77.1 Å². The van der Waals surface area contributed by atoms with Crippen LogP contribution in [0.1, 0.15) is 47.9 Å². The highest BCUT2D eigenvalue weighted by atomic mass is 16.5. The van der Waals surface area contributed by atoms with Crippen molar-refractivity contribution in [1.29, 1.82) is 0 Å². The predicted octanol–water partition coefficient (Wildman–Crippen LogP) is 5.50. The van der Waals surface area contributed by atoms with Gasteiger partial charge in [-0.05, 0) is 49.6 Å². The van der Waals surface area contributed by atoms with Gasteiger partial charge in [0, 0.05) is 6.42 Å². The molecule has 0 bridgehead atoms. The van der Waals surface area contributed by atoms with Crippen LogP contribution in [-0.2, 0) is 13.0 Å². The number of phenolic OH excluding ortho intramolecular Hbond substituents is 1. The molecule has 3 aromatic rings. The van der Waals surface area contributed by atoms with Gasteiger partial charge >= 0.3 is 0 Å². The molecule has 0 fully saturated rings. The van der Waals surface area contributed by atoms with Gasteiger partial charge in [0.2, 0.25) is 0 Å². The van der Waals surface area contributed by atoms with Gasteiger partial charge in [-0.15, -0.1) is 0 Å². The molecule has 0 saturated carbocycles. The van der Waals surface area contributed by atoms with Crippen molar-refractivity contribution in [2.45, 2.75) is 47.6 Å². The van der Waals surface area contributed by atoms with E-state index in [0.29, 0.717) is 24.7 Å². The molecule has 4 nitrogen and oxygen atoms in total. The normalized spacial score (nSPS) is 10.2. The van der Waals surface area contributed by atoms with Crippen LogP contribution in [0.5, 0.6) is 11.5 Å². The first-order valence-electron chi connectivity index (χ1n) is 8.95. The average Bonchev–Trinajstić information content (AvgIpc) is 2.99. The molecule has 0 aliphatic heterocycles. The lowest BCUT2D eigenvalue weighted by Gasteiger charge is -2.06. The molecule has 26 heavy (non-hydrogen) atoms. The summed E-state index contributed by atoms with van der Waals surface area (Å²) in [6, 6.07) is 13.6. The van der Waals surface area contributed by atoms with Crippen molar-refractivity contribution in [2.75, 3.05) is 0 Å². The summed E-state index contributed by atoms with van der Waals surface area (Å²) in [5.74, 6) is 2.59. The fourth-order valence-corrected chi connectivity index (χ4v) is 2.69. The second kappa shape index (κ2) is 9.09. The molecule has 0 aliphatic rings. The van der Waals surface area contributed by atoms with Gasteiger partial charge in [0.05, 0.1) is 0 Å². The summed E-state index contributed by atoms with van der Waals surface area (Å²) >= 11 is 0. The number of rotatable bonds is 5. The molecule has 0 unspecified atom stereocenters. The number of aromatic nitrogens is 1. The van der Waals surface area contributed by atoms with Crippen LogP contribution in [-0.4, -0.2) is 10.1 Å². The van der Waals surface area contributed by atoms with Gasteiger partial charge in [-0.1, -0.05) is 44.2 Å². The lowest BCUT2D eigenvalue weighted by Crippen LogP contribution is -1.98. The highest BCUT2D eigenvalue weighted by molar-refractivity contribution is 5.42. The van der Waals surface area contributed by atoms with E-state index in [2.05, 4.69) is 4.98 Å². The fourth-order valence-electron chi connectivity index (χ4n) is 2.69. The number of phenols is 1. The maximum absolute atomic E-state index is 9.87. The van der Waals surface area contributed by atoms with E-state index in [9.17, 15) is 5.11 Å². The summed E-state index contributed by atoms with van der Waals surface area (Å²) in [5.41, 5.74) is 3.60. The molecular weight excluding hydrogens is 326 g/mol. The molecule has 138 valence electrons. The van der Waals surface area contributed by atoms with Crippen LogP contribution in [0.4, 0.5) is 0 Å². The third-order valence-electron chi connectivity index (χ3n) is 3.96. The first kappa shape index (κ1) is 19.6. The van der Waals surface area contributed by atoms with Crippen LogP contribution >= 0.6 is 0 Å². The highest BCUT2D eigenvalue weighted by Gasteiger charge is 2.12. The number of benzene rings is 2. The van der Waals surface area contributed by atoms with E-state index in [0.717, 1.165) is 33.9 Å². The number of hydrogen-bond acceptors (Lipinski definition) is 4. The van der Waals surface area contributed by atoms with Gasteiger partial charge in [-0.3, -0.25) is 0 Å². The Labute approximate surface area is 155 Å². The number of ether oxygens (including phenoxy) is 1. The SMILES string of the molecule is CC.Cc1cc(Cc2nc(COc3ccccc3)c(C)o2)cc(C)c1O. The third-order valence-corrected chi connectivity index (χ3v) is 3.96. The minimum atomic E-state index is 0.347. The molecule has 4 heteroatoms. The zero-order valence-corrected chi connectivity index (χ0v) is 16.2. The molecular formula is C22H27NO3. The van der Waals surface area contributed by atoms with Gasteiger partial charge < -0.3 is 14.3 Å². The maximum Gasteiger partial charge on any atom is 0.199 e. The molecule has 3 rings (SSSR count). The second-order valence-corrected chi connectivity index (χ2v) is 5.97. The Bertz CT molecular complexity index is 815. The van der Waals surface area contributed by atoms with E-state index in [1.165, 1.54) is 0 Å². The molecule has 0 atom stereocenters. The quantitative estimate of drug-likeness (QED) is 0.658. The molecule has 0 radical (unpaired) electrons. The van der Waals surface area contributed by atoms with Crippen molar-refractivity contribution in [3.63, 3.8) is 0 Å². The lowest BCUT2D eigenvalue weighted by molar-refractivity contribution is 0.299. The summed E-state index contributed by atoms with van der Waals surface area (Å²) < 4.78 is 11.5. The van der Waals surface area contributed by atoms with Crippen LogP contribution in [0.25, 0.3) is 0 Å². The Morgan fingerprint density at radius 3 is 2.23 bits per heavy atom. The monoisotopic (exact) mass is 353 g/mol. The first-order valence-corrected chi connectivity index (χ1v) is 8.95. The summed E-state index contributed by atoms with van der Waals surface area (Å²) in [4.78, 5) is 4.55. The lowest BCUT2D eigenvalue weighted by atomic mass is 10.0. The maximum atomic E-state index is 9.87. The smallest absolute Gasteiger partial charge is 0.199 e. The van der Waals surface area contributed by atoms with E-state index in [4.69, 9.17) is 9.15 Å². The largest absolute Gasteiger partial charge is 0.507 e. The van der Waals surface area contributed by atoms with E-state index in [-0.39, 0.29) is 0 Å². The van der Waals surface area contributed by atoms with Gasteiger partial charge in [0.1, 0.15) is 29.6 Å². The summed E-state index contributed by atoms with van der Waals surface area (Å²) in [7, 11) is 0. The van der Waals surface area contributed by atoms with Gasteiger partial charge in [0.15, 0.2) is 5.89 Å². The Kier molecular flexibility index (Phi) is 6.84. The Morgan fingerprint density at radius 2 is 1.62 bits per heavy atom. The Hall–Kier alpha value is -2.75. The zero-order valence-electron chi connectivity index (χ0n) is 16.2. The molecule has 0 amide bonds. The average molecular weight is 353 g/mol. The minimum absolute atomic E-state index is 0.347. The summed E-state index contributed by atoms with van der Waals surface area (Å²) in [5, 5.41) is 9.87. The summed E-state index contributed by atoms with van der Waals surface area (Å²) in [6.45, 7) is 10.1. The van der Waals surface area contributed by atoms with Crippen molar-refractivity contribution in [2.24, 2.45) is 0 Å². The fraction of sp³-hybridized carbons (Fsp3) is 0.318. The number of aryl methyl sites for hydroxylation is 3. The predicted molar refractivity (Wildman–Crippen MR) is 104 cm³/mol. The van der Waals surface area contributed by atoms with Crippen LogP contribution in [0.3, 0.4) is 0 Å². The molecule has 1 heterocycles. The highest BCUT2D eigenvalue weighted by Crippen LogP contribution is 2.25. The third kappa shape index (κ3) is 4.88. The number of hydrogen-bond donors (Lipinski definition) is 1. The van der Waals surface area contributed by atoms with Gasteiger partial charge in [0.25, 0.3) is 0 Å². The van der Waals surface area contributed by atoms with Crippen molar-refractivity contribution >= 4 is 0 Å². The van der Waals surface area contributed by atoms with Crippen LogP contribution in [0.2, 0.25) is 0 Å². The van der Waals surface area contributed by atoms with Crippen LogP contribution < -0.4 is 4.74 Å². The molecule has 1 N–H and O–H groups in total. The van der Waals surface area contributed by atoms with Crippen molar-refractivity contribution in [1.82, 2.24) is 4.98 Å². The second-order valence-electron chi connectivity index (χ2n) is 5.97. The van der Waals surface area contributed by atoms with Gasteiger partial charge in [-0.2, -0.15) is 0 Å². The number of para-hydroxylation sites is 1. The van der Waals surface area contributed by atoms with E-state index >= 15 is 0 Å². The van der Waals surface area contributed by atoms with Crippen molar-refractivity contribution in [3.05, 3.63) is 76.5 Å². The van der Waals surface area contributed by atoms with Crippen LogP contribution in [0, 0.1) is 20.8 Å². The van der Waals surface area contributed by atoms with E-state index < -0.39 is 0 Å².